The van der Waals surface area contributed by atoms with Gasteiger partial charge in [0, 0.05) is 30.2 Å². The predicted molar refractivity (Wildman–Crippen MR) is 80.4 cm³/mol. The molecule has 0 saturated carbocycles. The Morgan fingerprint density at radius 2 is 2.25 bits per heavy atom. The van der Waals surface area contributed by atoms with Gasteiger partial charge in [-0.1, -0.05) is 29.7 Å². The average Bonchev–Trinajstić information content (AvgIpc) is 2.41. The first-order valence-corrected chi connectivity index (χ1v) is 6.48. The Labute approximate surface area is 123 Å². The number of carbonyl (C=O) groups is 1. The highest BCUT2D eigenvalue weighted by atomic mass is 35.5. The Hall–Kier alpha value is -1.95. The first-order valence-electron chi connectivity index (χ1n) is 6.10. The smallest absolute Gasteiger partial charge is 0.321 e. The fourth-order valence-electron chi connectivity index (χ4n) is 1.58. The molecule has 0 bridgehead atoms. The van der Waals surface area contributed by atoms with Crippen LogP contribution in [0.15, 0.2) is 23.4 Å². The molecule has 1 aromatic rings. The number of nitrogens with zero attached hydrogens (tertiary/aromatic N) is 2. The summed E-state index contributed by atoms with van der Waals surface area (Å²) in [5, 5.41) is 14.8. The van der Waals surface area contributed by atoms with Crippen LogP contribution in [0, 0.1) is 12.8 Å². The number of hydrogen-bond donors (Lipinski definition) is 3. The van der Waals surface area contributed by atoms with E-state index in [0.29, 0.717) is 17.3 Å². The molecule has 0 radical (unpaired) electrons. The normalized spacial score (nSPS) is 12.9. The van der Waals surface area contributed by atoms with Crippen molar-refractivity contribution in [1.82, 2.24) is 4.90 Å². The number of nitrogens with two attached hydrogens (primary N) is 1. The minimum absolute atomic E-state index is 0.0861. The quantitative estimate of drug-likeness (QED) is 0.345. The SMILES string of the molecule is Cc1ccc(NC(=O)N(C)CC(C)C(N)=NO)cc1Cl. The van der Waals surface area contributed by atoms with Gasteiger partial charge in [0.15, 0.2) is 0 Å². The number of urea groups is 1. The molecule has 2 amide bonds. The summed E-state index contributed by atoms with van der Waals surface area (Å²) >= 11 is 6.00. The molecule has 0 spiro atoms. The molecule has 0 aliphatic heterocycles. The molecular weight excluding hydrogens is 280 g/mol. The molecule has 20 heavy (non-hydrogen) atoms. The fourth-order valence-corrected chi connectivity index (χ4v) is 1.76. The van der Waals surface area contributed by atoms with Crippen LogP contribution in [0.2, 0.25) is 5.02 Å². The first-order chi connectivity index (χ1) is 9.35. The van der Waals surface area contributed by atoms with Gasteiger partial charge in [-0.3, -0.25) is 0 Å². The number of hydrogen-bond acceptors (Lipinski definition) is 3. The van der Waals surface area contributed by atoms with E-state index < -0.39 is 0 Å². The average molecular weight is 299 g/mol. The Morgan fingerprint density at radius 1 is 1.60 bits per heavy atom. The molecule has 0 aliphatic carbocycles. The summed E-state index contributed by atoms with van der Waals surface area (Å²) in [7, 11) is 1.63. The number of rotatable bonds is 4. The molecular formula is C13H19ClN4O2. The van der Waals surface area contributed by atoms with E-state index in [9.17, 15) is 4.79 Å². The van der Waals surface area contributed by atoms with Crippen LogP contribution < -0.4 is 11.1 Å². The second-order valence-corrected chi connectivity index (χ2v) is 5.11. The molecule has 1 aromatic carbocycles. The minimum atomic E-state index is -0.289. The lowest BCUT2D eigenvalue weighted by Crippen LogP contribution is -2.38. The van der Waals surface area contributed by atoms with Crippen LogP contribution >= 0.6 is 11.6 Å². The number of carbonyl (C=O) groups excluding carboxylic acids is 1. The summed E-state index contributed by atoms with van der Waals surface area (Å²) in [6.45, 7) is 3.99. The molecule has 0 fully saturated rings. The maximum atomic E-state index is 12.0. The van der Waals surface area contributed by atoms with Gasteiger partial charge < -0.3 is 21.2 Å². The molecule has 7 heteroatoms. The number of halogens is 1. The van der Waals surface area contributed by atoms with E-state index in [1.807, 2.05) is 13.0 Å². The Morgan fingerprint density at radius 3 is 2.80 bits per heavy atom. The second-order valence-electron chi connectivity index (χ2n) is 4.70. The number of amidine groups is 1. The summed E-state index contributed by atoms with van der Waals surface area (Å²) in [4.78, 5) is 13.4. The highest BCUT2D eigenvalue weighted by molar-refractivity contribution is 6.31. The topological polar surface area (TPSA) is 91.0 Å². The van der Waals surface area contributed by atoms with Crippen molar-refractivity contribution < 1.29 is 10.0 Å². The Bertz CT molecular complexity index is 519. The minimum Gasteiger partial charge on any atom is -0.409 e. The Kier molecular flexibility index (Phi) is 5.64. The predicted octanol–water partition coefficient (Wildman–Crippen LogP) is 2.49. The molecule has 110 valence electrons. The van der Waals surface area contributed by atoms with Crippen molar-refractivity contribution in [2.24, 2.45) is 16.8 Å². The van der Waals surface area contributed by atoms with Gasteiger partial charge >= 0.3 is 6.03 Å². The van der Waals surface area contributed by atoms with E-state index in [4.69, 9.17) is 22.5 Å². The van der Waals surface area contributed by atoms with Crippen LogP contribution in [0.1, 0.15) is 12.5 Å². The van der Waals surface area contributed by atoms with Crippen LogP contribution in [-0.4, -0.2) is 35.6 Å². The third kappa shape index (κ3) is 4.31. The zero-order valence-electron chi connectivity index (χ0n) is 11.7. The van der Waals surface area contributed by atoms with Gasteiger partial charge in [-0.2, -0.15) is 0 Å². The molecule has 1 unspecified atom stereocenters. The molecule has 6 nitrogen and oxygen atoms in total. The summed E-state index contributed by atoms with van der Waals surface area (Å²) in [6.07, 6.45) is 0. The number of oxime groups is 1. The molecule has 1 atom stereocenters. The van der Waals surface area contributed by atoms with Crippen LogP contribution in [0.4, 0.5) is 10.5 Å². The van der Waals surface area contributed by atoms with Gasteiger partial charge in [0.1, 0.15) is 5.84 Å². The van der Waals surface area contributed by atoms with Crippen molar-refractivity contribution >= 4 is 29.2 Å². The van der Waals surface area contributed by atoms with E-state index in [-0.39, 0.29) is 17.8 Å². The highest BCUT2D eigenvalue weighted by Crippen LogP contribution is 2.20. The third-order valence-electron chi connectivity index (χ3n) is 2.94. The van der Waals surface area contributed by atoms with Gasteiger partial charge in [0.25, 0.3) is 0 Å². The van der Waals surface area contributed by atoms with Crippen LogP contribution in [0.5, 0.6) is 0 Å². The third-order valence-corrected chi connectivity index (χ3v) is 3.35. The lowest BCUT2D eigenvalue weighted by atomic mass is 10.1. The number of amides is 2. The monoisotopic (exact) mass is 298 g/mol. The summed E-state index contributed by atoms with van der Waals surface area (Å²) < 4.78 is 0. The fraction of sp³-hybridized carbons (Fsp3) is 0.385. The van der Waals surface area contributed by atoms with Gasteiger partial charge in [-0.15, -0.1) is 0 Å². The highest BCUT2D eigenvalue weighted by Gasteiger charge is 2.15. The van der Waals surface area contributed by atoms with Crippen molar-refractivity contribution in [3.05, 3.63) is 28.8 Å². The summed E-state index contributed by atoms with van der Waals surface area (Å²) in [5.41, 5.74) is 7.04. The van der Waals surface area contributed by atoms with E-state index in [0.717, 1.165) is 5.56 Å². The number of nitrogens with one attached hydrogen (secondary N) is 1. The molecule has 0 heterocycles. The lowest BCUT2D eigenvalue weighted by Gasteiger charge is -2.21. The zero-order valence-corrected chi connectivity index (χ0v) is 12.5. The molecule has 0 aromatic heterocycles. The largest absolute Gasteiger partial charge is 0.409 e. The number of anilines is 1. The van der Waals surface area contributed by atoms with E-state index in [1.54, 1.807) is 26.1 Å². The van der Waals surface area contributed by atoms with Crippen molar-refractivity contribution in [3.63, 3.8) is 0 Å². The number of benzene rings is 1. The summed E-state index contributed by atoms with van der Waals surface area (Å²) in [5.74, 6) is -0.152. The van der Waals surface area contributed by atoms with E-state index in [2.05, 4.69) is 10.5 Å². The standard InChI is InChI=1S/C13H19ClN4O2/c1-8-4-5-10(6-11(8)14)16-13(19)18(3)7-9(2)12(15)17-20/h4-6,9,20H,7H2,1-3H3,(H2,15,17)(H,16,19). The van der Waals surface area contributed by atoms with Crippen molar-refractivity contribution in [1.29, 1.82) is 0 Å². The van der Waals surface area contributed by atoms with Crippen LogP contribution in [-0.2, 0) is 0 Å². The molecule has 0 aliphatic rings. The maximum absolute atomic E-state index is 12.0. The van der Waals surface area contributed by atoms with Gasteiger partial charge in [0.2, 0.25) is 0 Å². The van der Waals surface area contributed by atoms with Crippen LogP contribution in [0.3, 0.4) is 0 Å². The van der Waals surface area contributed by atoms with Crippen molar-refractivity contribution in [3.8, 4) is 0 Å². The first kappa shape index (κ1) is 16.1. The lowest BCUT2D eigenvalue weighted by molar-refractivity contribution is 0.219. The van der Waals surface area contributed by atoms with E-state index in [1.165, 1.54) is 4.90 Å². The van der Waals surface area contributed by atoms with Gasteiger partial charge in [0.05, 0.1) is 0 Å². The van der Waals surface area contributed by atoms with Crippen molar-refractivity contribution in [2.45, 2.75) is 13.8 Å². The zero-order chi connectivity index (χ0) is 15.3. The Balaban J connectivity index is 2.64. The van der Waals surface area contributed by atoms with Gasteiger partial charge in [-0.05, 0) is 24.6 Å². The van der Waals surface area contributed by atoms with Crippen LogP contribution in [0.25, 0.3) is 0 Å². The second kappa shape index (κ2) is 7.00. The number of aryl methyl sites for hydroxylation is 1. The van der Waals surface area contributed by atoms with E-state index >= 15 is 0 Å². The molecule has 4 N–H and O–H groups in total. The summed E-state index contributed by atoms with van der Waals surface area (Å²) in [6, 6.07) is 5.01. The molecule has 0 saturated heterocycles. The maximum Gasteiger partial charge on any atom is 0.321 e. The van der Waals surface area contributed by atoms with Gasteiger partial charge in [-0.25, -0.2) is 4.79 Å². The molecule has 1 rings (SSSR count). The van der Waals surface area contributed by atoms with Crippen molar-refractivity contribution in [2.75, 3.05) is 18.9 Å².